The predicted octanol–water partition coefficient (Wildman–Crippen LogP) is 7.86. The van der Waals surface area contributed by atoms with E-state index in [9.17, 15) is 44.6 Å². The summed E-state index contributed by atoms with van der Waals surface area (Å²) in [6, 6.07) is 5.46. The number of fused-ring (bicyclic) bond motifs is 5. The maximum absolute atomic E-state index is 13.0. The average molecular weight is 563 g/mol. The third-order valence-corrected chi connectivity index (χ3v) is 9.37. The third-order valence-electron chi connectivity index (χ3n) is 9.37. The highest BCUT2D eigenvalue weighted by molar-refractivity contribution is 5.41. The molecule has 1 N–H and O–H groups in total. The normalized spacial score (nSPS) is 32.0. The van der Waals surface area contributed by atoms with Crippen molar-refractivity contribution < 1.29 is 54.1 Å². The number of aromatic hydroxyl groups is 1. The second-order valence-corrected chi connectivity index (χ2v) is 11.4. The fraction of sp³-hybridized carbons (Fsp3) is 0.769. The highest BCUT2D eigenvalue weighted by Gasteiger charge is 2.85. The van der Waals surface area contributed by atoms with Crippen molar-refractivity contribution in [3.05, 3.63) is 29.3 Å². The zero-order valence-electron chi connectivity index (χ0n) is 21.0. The van der Waals surface area contributed by atoms with Gasteiger partial charge in [-0.25, -0.2) is 0 Å². The molecule has 3 nitrogen and oxygen atoms in total. The molecular weight excluding hydrogens is 531 g/mol. The molecule has 2 fully saturated rings. The summed E-state index contributed by atoms with van der Waals surface area (Å²) < 4.78 is 127. The van der Waals surface area contributed by atoms with Crippen molar-refractivity contribution in [3.8, 4) is 5.75 Å². The van der Waals surface area contributed by atoms with E-state index >= 15 is 0 Å². The van der Waals surface area contributed by atoms with Crippen LogP contribution >= 0.6 is 0 Å². The van der Waals surface area contributed by atoms with Crippen LogP contribution in [0, 0.1) is 16.7 Å². The Labute approximate surface area is 214 Å². The topological polar surface area (TPSA) is 38.7 Å². The lowest BCUT2D eigenvalue weighted by Crippen LogP contribution is -2.67. The second-order valence-electron chi connectivity index (χ2n) is 11.4. The molecule has 216 valence electrons. The maximum Gasteiger partial charge on any atom is 0.435 e. The van der Waals surface area contributed by atoms with Gasteiger partial charge in [-0.15, -0.1) is 0 Å². The van der Waals surface area contributed by atoms with Gasteiger partial charge in [0, 0.05) is 6.61 Å². The van der Waals surface area contributed by atoms with Crippen LogP contribution < -0.4 is 0 Å². The van der Waals surface area contributed by atoms with E-state index in [4.69, 9.17) is 4.74 Å². The van der Waals surface area contributed by atoms with Crippen molar-refractivity contribution in [1.82, 2.24) is 0 Å². The SMILES string of the molecule is CC12CCc3cc(O)ccc3[C@H]1CC[C@]1(C)[C@@H](OCCCOC(C(F)(F)F)(C(F)(F)F)C(F)(F)F)CC[C@@H]21. The van der Waals surface area contributed by atoms with Gasteiger partial charge < -0.3 is 14.6 Å². The minimum atomic E-state index is -6.73. The highest BCUT2D eigenvalue weighted by atomic mass is 19.4. The molecule has 0 bridgehead atoms. The van der Waals surface area contributed by atoms with E-state index in [1.807, 2.05) is 6.07 Å². The Balaban J connectivity index is 1.40. The number of hydrogen-bond donors (Lipinski definition) is 1. The number of rotatable bonds is 6. The van der Waals surface area contributed by atoms with Crippen LogP contribution in [0.15, 0.2) is 18.2 Å². The lowest BCUT2D eigenvalue weighted by molar-refractivity contribution is -0.457. The van der Waals surface area contributed by atoms with Gasteiger partial charge in [-0.3, -0.25) is 0 Å². The molecule has 1 aromatic carbocycles. The van der Waals surface area contributed by atoms with Gasteiger partial charge in [-0.2, -0.15) is 39.5 Å². The smallest absolute Gasteiger partial charge is 0.435 e. The summed E-state index contributed by atoms with van der Waals surface area (Å²) in [5.41, 5.74) is -4.23. The van der Waals surface area contributed by atoms with Crippen LogP contribution in [0.25, 0.3) is 0 Å². The number of ether oxygens (including phenoxy) is 2. The van der Waals surface area contributed by atoms with E-state index in [0.29, 0.717) is 6.42 Å². The summed E-state index contributed by atoms with van der Waals surface area (Å²) in [6.45, 7) is 2.59. The first-order chi connectivity index (χ1) is 17.4. The zero-order chi connectivity index (χ0) is 28.4. The van der Waals surface area contributed by atoms with E-state index in [2.05, 4.69) is 18.6 Å². The first-order valence-electron chi connectivity index (χ1n) is 12.7. The number of alkyl halides is 9. The molecule has 0 spiro atoms. The number of benzene rings is 1. The molecule has 3 aliphatic rings. The largest absolute Gasteiger partial charge is 0.508 e. The summed E-state index contributed by atoms with van der Waals surface area (Å²) in [7, 11) is 0. The van der Waals surface area contributed by atoms with Crippen molar-refractivity contribution in [2.45, 2.75) is 94.9 Å². The molecule has 3 aliphatic carbocycles. The van der Waals surface area contributed by atoms with Crippen molar-refractivity contribution in [2.24, 2.45) is 16.7 Å². The molecular formula is C26H31F9O3. The molecule has 0 aliphatic heterocycles. The summed E-state index contributed by atoms with van der Waals surface area (Å²) in [6.07, 6.45) is -16.2. The molecule has 0 radical (unpaired) electrons. The molecule has 1 unspecified atom stereocenters. The maximum atomic E-state index is 13.0. The first-order valence-corrected chi connectivity index (χ1v) is 12.7. The van der Waals surface area contributed by atoms with Gasteiger partial charge in [-0.1, -0.05) is 19.9 Å². The lowest BCUT2D eigenvalue weighted by atomic mass is 9.48. The summed E-state index contributed by atoms with van der Waals surface area (Å²) in [5, 5.41) is 9.87. The monoisotopic (exact) mass is 562 g/mol. The molecule has 1 aromatic rings. The van der Waals surface area contributed by atoms with Crippen LogP contribution in [-0.4, -0.2) is 48.6 Å². The Morgan fingerprint density at radius 3 is 2.08 bits per heavy atom. The molecule has 4 rings (SSSR count). The fourth-order valence-corrected chi connectivity index (χ4v) is 7.57. The summed E-state index contributed by atoms with van der Waals surface area (Å²) in [5.74, 6) is 0.770. The van der Waals surface area contributed by atoms with Crippen LogP contribution in [0.4, 0.5) is 39.5 Å². The second kappa shape index (κ2) is 9.45. The number of aryl methyl sites for hydroxylation is 1. The van der Waals surface area contributed by atoms with Gasteiger partial charge in [-0.05, 0) is 90.9 Å². The summed E-state index contributed by atoms with van der Waals surface area (Å²) in [4.78, 5) is 0. The zero-order valence-corrected chi connectivity index (χ0v) is 21.0. The van der Waals surface area contributed by atoms with E-state index in [-0.39, 0.29) is 41.1 Å². The molecule has 0 saturated heterocycles. The van der Waals surface area contributed by atoms with E-state index in [0.717, 1.165) is 37.7 Å². The van der Waals surface area contributed by atoms with Crippen molar-refractivity contribution in [3.63, 3.8) is 0 Å². The quantitative estimate of drug-likeness (QED) is 0.284. The molecule has 5 atom stereocenters. The Kier molecular flexibility index (Phi) is 7.29. The lowest BCUT2D eigenvalue weighted by Gasteiger charge is -2.57. The van der Waals surface area contributed by atoms with Crippen molar-refractivity contribution >= 4 is 0 Å². The van der Waals surface area contributed by atoms with E-state index in [1.54, 1.807) is 12.1 Å². The molecule has 0 heterocycles. The number of phenols is 1. The van der Waals surface area contributed by atoms with Gasteiger partial charge in [0.25, 0.3) is 0 Å². The Morgan fingerprint density at radius 2 is 1.47 bits per heavy atom. The summed E-state index contributed by atoms with van der Waals surface area (Å²) >= 11 is 0. The predicted molar refractivity (Wildman–Crippen MR) is 119 cm³/mol. The van der Waals surface area contributed by atoms with Gasteiger partial charge in [0.1, 0.15) is 5.75 Å². The third kappa shape index (κ3) is 4.47. The van der Waals surface area contributed by atoms with E-state index < -0.39 is 37.2 Å². The molecule has 0 amide bonds. The number of phenolic OH excluding ortho intramolecular Hbond substituents is 1. The highest BCUT2D eigenvalue weighted by Crippen LogP contribution is 2.67. The van der Waals surface area contributed by atoms with Crippen LogP contribution in [0.1, 0.15) is 69.4 Å². The van der Waals surface area contributed by atoms with Gasteiger partial charge in [0.05, 0.1) is 12.7 Å². The average Bonchev–Trinajstić information content (AvgIpc) is 3.10. The first kappa shape index (κ1) is 29.3. The molecule has 2 saturated carbocycles. The number of hydrogen-bond acceptors (Lipinski definition) is 3. The Morgan fingerprint density at radius 1 is 0.842 bits per heavy atom. The Hall–Kier alpha value is -1.69. The number of halogens is 9. The Bertz CT molecular complexity index is 983. The van der Waals surface area contributed by atoms with Crippen molar-refractivity contribution in [2.75, 3.05) is 13.2 Å². The minimum Gasteiger partial charge on any atom is -0.508 e. The standard InChI is InChI=1S/C26H31F9O3/c1-21-10-8-15-14-16(36)4-5-17(15)18(21)9-11-22(2)19(21)6-7-20(22)37-12-3-13-38-23(24(27,28)29,25(30,31)32)26(33,34)35/h4-5,14,18-20,36H,3,6-13H2,1-2H3/t18-,19+,20+,21?,22+/m1/s1. The minimum absolute atomic E-state index is 0.0517. The molecule has 0 aromatic heterocycles. The molecule has 12 heteroatoms. The van der Waals surface area contributed by atoms with E-state index in [1.165, 1.54) is 5.56 Å². The van der Waals surface area contributed by atoms with Crippen LogP contribution in [0.2, 0.25) is 0 Å². The molecule has 38 heavy (non-hydrogen) atoms. The van der Waals surface area contributed by atoms with Crippen LogP contribution in [-0.2, 0) is 15.9 Å². The fourth-order valence-electron chi connectivity index (χ4n) is 7.57. The van der Waals surface area contributed by atoms with Gasteiger partial charge in [0.2, 0.25) is 0 Å². The van der Waals surface area contributed by atoms with Gasteiger partial charge in [0.15, 0.2) is 0 Å². The van der Waals surface area contributed by atoms with Crippen LogP contribution in [0.5, 0.6) is 5.75 Å². The van der Waals surface area contributed by atoms with Crippen LogP contribution in [0.3, 0.4) is 0 Å². The van der Waals surface area contributed by atoms with Gasteiger partial charge >= 0.3 is 24.1 Å². The van der Waals surface area contributed by atoms with Crippen molar-refractivity contribution in [1.29, 1.82) is 0 Å².